The second-order valence-electron chi connectivity index (χ2n) is 5.07. The molecule has 0 saturated carbocycles. The number of hydrogen-bond acceptors (Lipinski definition) is 1. The third-order valence-corrected chi connectivity index (χ3v) is 4.23. The topological polar surface area (TPSA) is 29.1 Å². The number of carbonyl (C=O) groups excluding carboxylic acids is 1. The van der Waals surface area contributed by atoms with E-state index in [0.717, 1.165) is 9.13 Å². The Labute approximate surface area is 137 Å². The Morgan fingerprint density at radius 3 is 2.40 bits per heavy atom. The van der Waals surface area contributed by atoms with Crippen LogP contribution in [0.15, 0.2) is 48.5 Å². The van der Waals surface area contributed by atoms with Crippen molar-refractivity contribution in [3.63, 3.8) is 0 Å². The number of carbonyl (C=O) groups is 1. The highest BCUT2D eigenvalue weighted by atomic mass is 127. The van der Waals surface area contributed by atoms with Crippen LogP contribution in [0, 0.1) is 3.57 Å². The zero-order chi connectivity index (χ0) is 14.8. The summed E-state index contributed by atoms with van der Waals surface area (Å²) in [5.41, 5.74) is 0.994. The maximum absolute atomic E-state index is 12.5. The van der Waals surface area contributed by atoms with Crippen LogP contribution in [0.25, 0.3) is 0 Å². The standard InChI is InChI=1S/C16H15ClINO/c1-16(2,11-6-4-3-5-7-11)15(20)19-14-9-8-12(18)10-13(14)17/h3-10H,1-2H3,(H,19,20). The Balaban J connectivity index is 2.23. The number of nitrogens with one attached hydrogen (secondary N) is 1. The van der Waals surface area contributed by atoms with Crippen LogP contribution in [-0.2, 0) is 10.2 Å². The molecule has 0 bridgehead atoms. The molecule has 2 aromatic rings. The summed E-state index contributed by atoms with van der Waals surface area (Å²) in [7, 11) is 0. The lowest BCUT2D eigenvalue weighted by molar-refractivity contribution is -0.120. The lowest BCUT2D eigenvalue weighted by Gasteiger charge is -2.24. The molecule has 104 valence electrons. The smallest absolute Gasteiger partial charge is 0.234 e. The number of hydrogen-bond donors (Lipinski definition) is 1. The normalized spacial score (nSPS) is 11.2. The number of amides is 1. The van der Waals surface area contributed by atoms with Crippen molar-refractivity contribution in [2.75, 3.05) is 5.32 Å². The molecule has 0 radical (unpaired) electrons. The summed E-state index contributed by atoms with van der Waals surface area (Å²) in [5, 5.41) is 3.45. The van der Waals surface area contributed by atoms with E-state index in [-0.39, 0.29) is 5.91 Å². The second kappa shape index (κ2) is 6.14. The Hall–Kier alpha value is -1.07. The molecule has 0 fully saturated rings. The van der Waals surface area contributed by atoms with Crippen molar-refractivity contribution in [2.45, 2.75) is 19.3 Å². The van der Waals surface area contributed by atoms with Gasteiger partial charge in [0.25, 0.3) is 0 Å². The van der Waals surface area contributed by atoms with E-state index in [0.29, 0.717) is 10.7 Å². The van der Waals surface area contributed by atoms with Gasteiger partial charge in [0, 0.05) is 3.57 Å². The van der Waals surface area contributed by atoms with Crippen LogP contribution in [0.2, 0.25) is 5.02 Å². The van der Waals surface area contributed by atoms with E-state index in [2.05, 4.69) is 27.9 Å². The van der Waals surface area contributed by atoms with Crippen molar-refractivity contribution in [1.82, 2.24) is 0 Å². The fraction of sp³-hybridized carbons (Fsp3) is 0.188. The van der Waals surface area contributed by atoms with Crippen LogP contribution in [0.3, 0.4) is 0 Å². The van der Waals surface area contributed by atoms with E-state index in [4.69, 9.17) is 11.6 Å². The summed E-state index contributed by atoms with van der Waals surface area (Å²) < 4.78 is 1.04. The van der Waals surface area contributed by atoms with Gasteiger partial charge in [0.05, 0.1) is 16.1 Å². The fourth-order valence-electron chi connectivity index (χ4n) is 1.86. The minimum atomic E-state index is -0.617. The quantitative estimate of drug-likeness (QED) is 0.734. The average Bonchev–Trinajstić information content (AvgIpc) is 2.42. The van der Waals surface area contributed by atoms with Crippen molar-refractivity contribution >= 4 is 45.8 Å². The van der Waals surface area contributed by atoms with Crippen LogP contribution >= 0.6 is 34.2 Å². The summed E-state index contributed by atoms with van der Waals surface area (Å²) in [4.78, 5) is 12.5. The number of anilines is 1. The van der Waals surface area contributed by atoms with Gasteiger partial charge in [-0.25, -0.2) is 0 Å². The second-order valence-corrected chi connectivity index (χ2v) is 6.72. The molecule has 1 amide bonds. The van der Waals surface area contributed by atoms with Gasteiger partial charge in [-0.3, -0.25) is 4.79 Å². The molecule has 0 aliphatic rings. The molecule has 0 aliphatic carbocycles. The van der Waals surface area contributed by atoms with Gasteiger partial charge in [-0.05, 0) is 60.2 Å². The van der Waals surface area contributed by atoms with E-state index in [1.165, 1.54) is 0 Å². The van der Waals surface area contributed by atoms with Crippen molar-refractivity contribution in [3.05, 3.63) is 62.7 Å². The number of rotatable bonds is 3. The predicted molar refractivity (Wildman–Crippen MR) is 92.3 cm³/mol. The summed E-state index contributed by atoms with van der Waals surface area (Å²) >= 11 is 8.33. The molecule has 4 heteroatoms. The Bertz CT molecular complexity index is 626. The maximum atomic E-state index is 12.5. The Morgan fingerprint density at radius 2 is 1.80 bits per heavy atom. The molecule has 2 rings (SSSR count). The van der Waals surface area contributed by atoms with Gasteiger partial charge >= 0.3 is 0 Å². The molecule has 2 aromatic carbocycles. The maximum Gasteiger partial charge on any atom is 0.234 e. The van der Waals surface area contributed by atoms with Crippen LogP contribution in [0.5, 0.6) is 0 Å². The van der Waals surface area contributed by atoms with Gasteiger partial charge in [0.1, 0.15) is 0 Å². The molecule has 0 saturated heterocycles. The number of benzene rings is 2. The molecular weight excluding hydrogens is 385 g/mol. The minimum absolute atomic E-state index is 0.0770. The van der Waals surface area contributed by atoms with Gasteiger partial charge in [-0.1, -0.05) is 41.9 Å². The Morgan fingerprint density at radius 1 is 1.15 bits per heavy atom. The minimum Gasteiger partial charge on any atom is -0.324 e. The van der Waals surface area contributed by atoms with Gasteiger partial charge in [0.2, 0.25) is 5.91 Å². The SMILES string of the molecule is CC(C)(C(=O)Nc1ccc(I)cc1Cl)c1ccccc1. The molecule has 0 unspecified atom stereocenters. The van der Waals surface area contributed by atoms with Crippen molar-refractivity contribution in [2.24, 2.45) is 0 Å². The first-order valence-corrected chi connectivity index (χ1v) is 7.69. The van der Waals surface area contributed by atoms with Crippen LogP contribution < -0.4 is 5.32 Å². The van der Waals surface area contributed by atoms with E-state index >= 15 is 0 Å². The van der Waals surface area contributed by atoms with E-state index in [9.17, 15) is 4.79 Å². The monoisotopic (exact) mass is 399 g/mol. The highest BCUT2D eigenvalue weighted by Crippen LogP contribution is 2.28. The van der Waals surface area contributed by atoms with Gasteiger partial charge in [-0.15, -0.1) is 0 Å². The fourth-order valence-corrected chi connectivity index (χ4v) is 2.76. The first-order chi connectivity index (χ1) is 9.41. The first-order valence-electron chi connectivity index (χ1n) is 6.23. The van der Waals surface area contributed by atoms with E-state index < -0.39 is 5.41 Å². The van der Waals surface area contributed by atoms with E-state index in [1.54, 1.807) is 0 Å². The summed E-state index contributed by atoms with van der Waals surface area (Å²) in [6, 6.07) is 15.3. The first kappa shape index (κ1) is 15.3. The van der Waals surface area contributed by atoms with Crippen LogP contribution in [-0.4, -0.2) is 5.91 Å². The summed E-state index contributed by atoms with van der Waals surface area (Å²) in [6.45, 7) is 3.80. The molecule has 2 nitrogen and oxygen atoms in total. The zero-order valence-corrected chi connectivity index (χ0v) is 14.2. The summed E-state index contributed by atoms with van der Waals surface area (Å²) in [6.07, 6.45) is 0. The number of halogens is 2. The molecule has 0 aliphatic heterocycles. The summed E-state index contributed by atoms with van der Waals surface area (Å²) in [5.74, 6) is -0.0770. The third kappa shape index (κ3) is 3.33. The molecule has 0 aromatic heterocycles. The van der Waals surface area contributed by atoms with Crippen molar-refractivity contribution in [3.8, 4) is 0 Å². The molecule has 0 heterocycles. The van der Waals surface area contributed by atoms with Gasteiger partial charge < -0.3 is 5.32 Å². The lowest BCUT2D eigenvalue weighted by Crippen LogP contribution is -2.34. The largest absolute Gasteiger partial charge is 0.324 e. The van der Waals surface area contributed by atoms with Crippen molar-refractivity contribution in [1.29, 1.82) is 0 Å². The molecule has 0 spiro atoms. The molecular formula is C16H15ClINO. The van der Waals surface area contributed by atoms with Gasteiger partial charge in [0.15, 0.2) is 0 Å². The predicted octanol–water partition coefficient (Wildman–Crippen LogP) is 4.86. The zero-order valence-electron chi connectivity index (χ0n) is 11.3. The van der Waals surface area contributed by atoms with Crippen LogP contribution in [0.1, 0.15) is 19.4 Å². The van der Waals surface area contributed by atoms with Crippen molar-refractivity contribution < 1.29 is 4.79 Å². The highest BCUT2D eigenvalue weighted by molar-refractivity contribution is 14.1. The average molecular weight is 400 g/mol. The van der Waals surface area contributed by atoms with Gasteiger partial charge in [-0.2, -0.15) is 0 Å². The molecule has 20 heavy (non-hydrogen) atoms. The van der Waals surface area contributed by atoms with E-state index in [1.807, 2.05) is 62.4 Å². The lowest BCUT2D eigenvalue weighted by atomic mass is 9.83. The molecule has 0 atom stereocenters. The molecule has 1 N–H and O–H groups in total. The third-order valence-electron chi connectivity index (χ3n) is 3.24. The Kier molecular flexibility index (Phi) is 4.70. The van der Waals surface area contributed by atoms with Crippen LogP contribution in [0.4, 0.5) is 5.69 Å². The highest BCUT2D eigenvalue weighted by Gasteiger charge is 2.29.